The first-order valence-electron chi connectivity index (χ1n) is 13.0. The molecule has 3 rings (SSSR count). The molecule has 1 saturated heterocycles. The van der Waals surface area contributed by atoms with Gasteiger partial charge in [0, 0.05) is 16.7 Å². The van der Waals surface area contributed by atoms with Gasteiger partial charge in [-0.3, -0.25) is 14.9 Å². The molecule has 38 heavy (non-hydrogen) atoms. The number of hydrogen-bond donors (Lipinski definition) is 1. The Morgan fingerprint density at radius 3 is 2.29 bits per heavy atom. The highest BCUT2D eigenvalue weighted by Crippen LogP contribution is 2.34. The lowest BCUT2D eigenvalue weighted by molar-refractivity contribution is -0.122. The zero-order valence-corrected chi connectivity index (χ0v) is 22.9. The standard InChI is InChI=1S/C29H35ClN2O6/c1-4-6-7-8-9-10-16-38-24-13-11-21(30)17-20(24)18-23-27(33)31-29(35)32(28(23)34)22-12-14-25(37-15-5-2)26(19-22)36-3/h11-14,17-19H,4-10,15-16H2,1-3H3,(H,31,33,35)/b23-18-. The Hall–Kier alpha value is -3.52. The summed E-state index contributed by atoms with van der Waals surface area (Å²) in [6.07, 6.45) is 8.95. The van der Waals surface area contributed by atoms with Gasteiger partial charge in [0.15, 0.2) is 11.5 Å². The first-order chi connectivity index (χ1) is 18.4. The first kappa shape index (κ1) is 29.0. The van der Waals surface area contributed by atoms with Crippen LogP contribution in [0.15, 0.2) is 42.0 Å². The predicted octanol–water partition coefficient (Wildman–Crippen LogP) is 6.54. The van der Waals surface area contributed by atoms with Crippen LogP contribution in [0.3, 0.4) is 0 Å². The van der Waals surface area contributed by atoms with E-state index in [0.29, 0.717) is 41.0 Å². The monoisotopic (exact) mass is 542 g/mol. The predicted molar refractivity (Wildman–Crippen MR) is 148 cm³/mol. The number of carbonyl (C=O) groups excluding carboxylic acids is 3. The lowest BCUT2D eigenvalue weighted by Crippen LogP contribution is -2.54. The zero-order chi connectivity index (χ0) is 27.5. The number of rotatable bonds is 14. The van der Waals surface area contributed by atoms with Gasteiger partial charge in [-0.05, 0) is 49.2 Å². The maximum absolute atomic E-state index is 13.4. The van der Waals surface area contributed by atoms with Gasteiger partial charge in [0.05, 0.1) is 26.0 Å². The number of unbranched alkanes of at least 4 members (excludes halogenated alkanes) is 5. The van der Waals surface area contributed by atoms with Gasteiger partial charge in [-0.25, -0.2) is 9.69 Å². The minimum atomic E-state index is -0.855. The van der Waals surface area contributed by atoms with E-state index in [4.69, 9.17) is 25.8 Å². The molecule has 2 aromatic rings. The number of urea groups is 1. The molecule has 9 heteroatoms. The number of barbiturate groups is 1. The van der Waals surface area contributed by atoms with Crippen LogP contribution in [0.5, 0.6) is 17.2 Å². The smallest absolute Gasteiger partial charge is 0.335 e. The molecule has 2 aromatic carbocycles. The van der Waals surface area contributed by atoms with Crippen LogP contribution in [0, 0.1) is 0 Å². The maximum Gasteiger partial charge on any atom is 0.335 e. The normalized spacial score (nSPS) is 14.6. The van der Waals surface area contributed by atoms with E-state index >= 15 is 0 Å². The fourth-order valence-corrected chi connectivity index (χ4v) is 4.18. The van der Waals surface area contributed by atoms with Crippen molar-refractivity contribution < 1.29 is 28.6 Å². The number of imide groups is 2. The third-order valence-electron chi connectivity index (χ3n) is 6.00. The Balaban J connectivity index is 1.83. The van der Waals surface area contributed by atoms with E-state index in [0.717, 1.165) is 30.6 Å². The van der Waals surface area contributed by atoms with Gasteiger partial charge in [0.2, 0.25) is 0 Å². The second-order valence-corrected chi connectivity index (χ2v) is 9.38. The number of halogens is 1. The number of anilines is 1. The van der Waals surface area contributed by atoms with Crippen LogP contribution in [0.2, 0.25) is 5.02 Å². The Morgan fingerprint density at radius 1 is 0.842 bits per heavy atom. The van der Waals surface area contributed by atoms with Gasteiger partial charge >= 0.3 is 6.03 Å². The maximum atomic E-state index is 13.4. The highest BCUT2D eigenvalue weighted by molar-refractivity contribution is 6.39. The molecule has 8 nitrogen and oxygen atoms in total. The number of methoxy groups -OCH3 is 1. The number of amides is 4. The number of nitrogens with one attached hydrogen (secondary N) is 1. The minimum Gasteiger partial charge on any atom is -0.493 e. The number of nitrogens with zero attached hydrogens (tertiary/aromatic N) is 1. The van der Waals surface area contributed by atoms with Crippen molar-refractivity contribution in [1.29, 1.82) is 0 Å². The van der Waals surface area contributed by atoms with E-state index < -0.39 is 17.8 Å². The van der Waals surface area contributed by atoms with E-state index in [2.05, 4.69) is 12.2 Å². The highest BCUT2D eigenvalue weighted by Gasteiger charge is 2.37. The molecule has 0 aliphatic carbocycles. The van der Waals surface area contributed by atoms with Crippen molar-refractivity contribution in [3.63, 3.8) is 0 Å². The SMILES string of the molecule is CCCCCCCCOc1ccc(Cl)cc1/C=C1/C(=O)NC(=O)N(c2ccc(OCCC)c(OC)c2)C1=O. The summed E-state index contributed by atoms with van der Waals surface area (Å²) in [5.41, 5.74) is 0.482. The Kier molecular flexibility index (Phi) is 11.0. The Labute approximate surface area is 228 Å². The molecule has 0 unspecified atom stereocenters. The van der Waals surface area contributed by atoms with E-state index in [1.54, 1.807) is 30.3 Å². The summed E-state index contributed by atoms with van der Waals surface area (Å²) in [6.45, 7) is 5.15. The lowest BCUT2D eigenvalue weighted by atomic mass is 10.1. The number of hydrogen-bond acceptors (Lipinski definition) is 6. The van der Waals surface area contributed by atoms with E-state index in [9.17, 15) is 14.4 Å². The summed E-state index contributed by atoms with van der Waals surface area (Å²) in [4.78, 5) is 39.7. The number of carbonyl (C=O) groups is 3. The van der Waals surface area contributed by atoms with Crippen LogP contribution in [0.1, 0.15) is 64.4 Å². The van der Waals surface area contributed by atoms with Crippen molar-refractivity contribution in [2.45, 2.75) is 58.8 Å². The van der Waals surface area contributed by atoms with Crippen LogP contribution in [0.25, 0.3) is 6.08 Å². The van der Waals surface area contributed by atoms with Gasteiger partial charge < -0.3 is 14.2 Å². The summed E-state index contributed by atoms with van der Waals surface area (Å²) in [5.74, 6) is -0.225. The molecule has 0 atom stereocenters. The molecule has 1 aliphatic heterocycles. The van der Waals surface area contributed by atoms with Gasteiger partial charge in [0.25, 0.3) is 11.8 Å². The third-order valence-corrected chi connectivity index (χ3v) is 6.23. The van der Waals surface area contributed by atoms with Gasteiger partial charge in [-0.2, -0.15) is 0 Å². The highest BCUT2D eigenvalue weighted by atomic mass is 35.5. The molecular formula is C29H35ClN2O6. The zero-order valence-electron chi connectivity index (χ0n) is 22.2. The Bertz CT molecular complexity index is 1180. The molecule has 204 valence electrons. The van der Waals surface area contributed by atoms with Crippen molar-refractivity contribution in [1.82, 2.24) is 5.32 Å². The van der Waals surface area contributed by atoms with Crippen LogP contribution in [-0.2, 0) is 9.59 Å². The lowest BCUT2D eigenvalue weighted by Gasteiger charge is -2.27. The first-order valence-corrected chi connectivity index (χ1v) is 13.4. The second-order valence-electron chi connectivity index (χ2n) is 8.94. The van der Waals surface area contributed by atoms with Crippen molar-refractivity contribution in [3.05, 3.63) is 52.6 Å². The number of ether oxygens (including phenoxy) is 3. The quantitative estimate of drug-likeness (QED) is 0.165. The second kappa shape index (κ2) is 14.4. The summed E-state index contributed by atoms with van der Waals surface area (Å²) < 4.78 is 17.0. The molecule has 0 bridgehead atoms. The average Bonchev–Trinajstić information content (AvgIpc) is 2.90. The molecule has 0 aromatic heterocycles. The molecular weight excluding hydrogens is 508 g/mol. The summed E-state index contributed by atoms with van der Waals surface area (Å²) in [6, 6.07) is 8.86. The topological polar surface area (TPSA) is 94.2 Å². The van der Waals surface area contributed by atoms with Gasteiger partial charge in [-0.15, -0.1) is 0 Å². The summed E-state index contributed by atoms with van der Waals surface area (Å²) >= 11 is 6.21. The summed E-state index contributed by atoms with van der Waals surface area (Å²) in [7, 11) is 1.47. The van der Waals surface area contributed by atoms with E-state index in [1.807, 2.05) is 6.92 Å². The van der Waals surface area contributed by atoms with Crippen LogP contribution >= 0.6 is 11.6 Å². The largest absolute Gasteiger partial charge is 0.493 e. The number of benzene rings is 2. The molecule has 0 saturated carbocycles. The fourth-order valence-electron chi connectivity index (χ4n) is 4.00. The molecule has 4 amide bonds. The third kappa shape index (κ3) is 7.51. The van der Waals surface area contributed by atoms with Crippen molar-refractivity contribution in [2.24, 2.45) is 0 Å². The van der Waals surface area contributed by atoms with Crippen molar-refractivity contribution >= 4 is 41.2 Å². The van der Waals surface area contributed by atoms with E-state index in [-0.39, 0.29) is 11.3 Å². The van der Waals surface area contributed by atoms with Crippen LogP contribution < -0.4 is 24.4 Å². The van der Waals surface area contributed by atoms with Gasteiger partial charge in [0.1, 0.15) is 11.3 Å². The minimum absolute atomic E-state index is 0.221. The van der Waals surface area contributed by atoms with Crippen molar-refractivity contribution in [3.8, 4) is 17.2 Å². The molecule has 0 spiro atoms. The summed E-state index contributed by atoms with van der Waals surface area (Å²) in [5, 5.41) is 2.66. The average molecular weight is 543 g/mol. The molecule has 1 aliphatic rings. The van der Waals surface area contributed by atoms with Gasteiger partial charge in [-0.1, -0.05) is 57.6 Å². The van der Waals surface area contributed by atoms with Crippen LogP contribution in [-0.4, -0.2) is 38.2 Å². The fraction of sp³-hybridized carbons (Fsp3) is 0.414. The molecule has 0 radical (unpaired) electrons. The van der Waals surface area contributed by atoms with Crippen molar-refractivity contribution in [2.75, 3.05) is 25.2 Å². The molecule has 1 heterocycles. The van der Waals surface area contributed by atoms with Crippen LogP contribution in [0.4, 0.5) is 10.5 Å². The molecule has 1 fully saturated rings. The Morgan fingerprint density at radius 2 is 1.55 bits per heavy atom. The molecule has 1 N–H and O–H groups in total. The van der Waals surface area contributed by atoms with E-state index in [1.165, 1.54) is 38.5 Å².